The summed E-state index contributed by atoms with van der Waals surface area (Å²) < 4.78 is 0. The Kier molecular flexibility index (Phi) is 5.26. The molecule has 0 saturated carbocycles. The number of anilines is 1. The van der Waals surface area contributed by atoms with Gasteiger partial charge in [0.2, 0.25) is 0 Å². The third kappa shape index (κ3) is 3.96. The highest BCUT2D eigenvalue weighted by atomic mass is 32.2. The fraction of sp³-hybridized carbons (Fsp3) is 0.417. The quantitative estimate of drug-likeness (QED) is 0.458. The third-order valence-electron chi connectivity index (χ3n) is 2.26. The van der Waals surface area contributed by atoms with Crippen LogP contribution in [0.1, 0.15) is 29.6 Å². The summed E-state index contributed by atoms with van der Waals surface area (Å²) in [6.45, 7) is 0. The van der Waals surface area contributed by atoms with Gasteiger partial charge in [-0.3, -0.25) is 4.79 Å². The number of hydrogen-bond donors (Lipinski definition) is 1. The molecule has 0 radical (unpaired) electrons. The van der Waals surface area contributed by atoms with Crippen LogP contribution in [0.3, 0.4) is 0 Å². The monoisotopic (exact) mass is 223 g/mol. The Morgan fingerprint density at radius 2 is 2.07 bits per heavy atom. The highest BCUT2D eigenvalue weighted by Crippen LogP contribution is 2.14. The molecule has 0 amide bonds. The van der Waals surface area contributed by atoms with E-state index >= 15 is 0 Å². The van der Waals surface area contributed by atoms with E-state index < -0.39 is 0 Å². The minimum Gasteiger partial charge on any atom is -0.398 e. The standard InChI is InChI=1S/C12H17NOS/c1-15-9-5-4-8-12(14)10-6-2-3-7-11(10)13/h2-3,6-7H,4-5,8-9,13H2,1H3. The first kappa shape index (κ1) is 12.1. The van der Waals surface area contributed by atoms with Crippen LogP contribution < -0.4 is 5.73 Å². The molecule has 0 unspecified atom stereocenters. The fourth-order valence-electron chi connectivity index (χ4n) is 1.42. The summed E-state index contributed by atoms with van der Waals surface area (Å²) in [7, 11) is 0. The van der Waals surface area contributed by atoms with Crippen LogP contribution in [-0.2, 0) is 0 Å². The van der Waals surface area contributed by atoms with Crippen molar-refractivity contribution in [1.82, 2.24) is 0 Å². The van der Waals surface area contributed by atoms with Gasteiger partial charge in [-0.15, -0.1) is 0 Å². The molecule has 15 heavy (non-hydrogen) atoms. The van der Waals surface area contributed by atoms with Gasteiger partial charge < -0.3 is 5.73 Å². The largest absolute Gasteiger partial charge is 0.398 e. The Labute approximate surface area is 95.2 Å². The van der Waals surface area contributed by atoms with Crippen LogP contribution >= 0.6 is 11.8 Å². The first-order valence-electron chi connectivity index (χ1n) is 5.12. The van der Waals surface area contributed by atoms with Crippen molar-refractivity contribution in [3.05, 3.63) is 29.8 Å². The molecule has 0 heterocycles. The number of ketones is 1. The Balaban J connectivity index is 2.44. The third-order valence-corrected chi connectivity index (χ3v) is 2.96. The van der Waals surface area contributed by atoms with Gasteiger partial charge in [0.15, 0.2) is 5.78 Å². The Hall–Kier alpha value is -0.960. The van der Waals surface area contributed by atoms with Crippen molar-refractivity contribution in [2.45, 2.75) is 19.3 Å². The number of unbranched alkanes of at least 4 members (excludes halogenated alkanes) is 1. The van der Waals surface area contributed by atoms with Gasteiger partial charge in [-0.25, -0.2) is 0 Å². The number of rotatable bonds is 6. The molecule has 0 atom stereocenters. The number of benzene rings is 1. The summed E-state index contributed by atoms with van der Waals surface area (Å²) in [5.74, 6) is 1.28. The zero-order chi connectivity index (χ0) is 11.1. The molecule has 2 nitrogen and oxygen atoms in total. The van der Waals surface area contributed by atoms with Crippen LogP contribution in [0.4, 0.5) is 5.69 Å². The molecule has 0 spiro atoms. The molecule has 2 N–H and O–H groups in total. The van der Waals surface area contributed by atoms with Crippen molar-refractivity contribution in [3.63, 3.8) is 0 Å². The van der Waals surface area contributed by atoms with Crippen LogP contribution in [0.25, 0.3) is 0 Å². The first-order valence-corrected chi connectivity index (χ1v) is 6.51. The topological polar surface area (TPSA) is 43.1 Å². The zero-order valence-corrected chi connectivity index (χ0v) is 9.85. The molecule has 1 aromatic carbocycles. The second-order valence-electron chi connectivity index (χ2n) is 3.46. The summed E-state index contributed by atoms with van der Waals surface area (Å²) in [5.41, 5.74) is 6.99. The Bertz CT molecular complexity index is 325. The number of nitrogen functional groups attached to an aromatic ring is 1. The van der Waals surface area contributed by atoms with E-state index in [9.17, 15) is 4.79 Å². The van der Waals surface area contributed by atoms with Crippen molar-refractivity contribution in [3.8, 4) is 0 Å². The number of nitrogens with two attached hydrogens (primary N) is 1. The van der Waals surface area contributed by atoms with Gasteiger partial charge in [-0.1, -0.05) is 12.1 Å². The number of carbonyl (C=O) groups excluding carboxylic acids is 1. The maximum absolute atomic E-state index is 11.7. The molecule has 1 aromatic rings. The molecule has 0 aliphatic rings. The summed E-state index contributed by atoms with van der Waals surface area (Å²) >= 11 is 1.82. The van der Waals surface area contributed by atoms with E-state index in [1.54, 1.807) is 12.1 Å². The second kappa shape index (κ2) is 6.51. The SMILES string of the molecule is CSCCCCC(=O)c1ccccc1N. The summed E-state index contributed by atoms with van der Waals surface area (Å²) in [6.07, 6.45) is 4.74. The number of carbonyl (C=O) groups is 1. The molecular formula is C12H17NOS. The van der Waals surface area contributed by atoms with E-state index in [0.29, 0.717) is 17.7 Å². The average molecular weight is 223 g/mol. The predicted molar refractivity (Wildman–Crippen MR) is 67.4 cm³/mol. The molecule has 0 saturated heterocycles. The van der Waals surface area contributed by atoms with Crippen LogP contribution in [0.5, 0.6) is 0 Å². The summed E-state index contributed by atoms with van der Waals surface area (Å²) in [5, 5.41) is 0. The fourth-order valence-corrected chi connectivity index (χ4v) is 1.91. The van der Waals surface area contributed by atoms with Gasteiger partial charge in [-0.05, 0) is 37.0 Å². The van der Waals surface area contributed by atoms with Crippen molar-refractivity contribution in [2.24, 2.45) is 0 Å². The molecule has 0 aromatic heterocycles. The maximum Gasteiger partial charge on any atom is 0.164 e. The number of Topliss-reactive ketones (excluding diaryl/α,β-unsaturated/α-hetero) is 1. The molecular weight excluding hydrogens is 206 g/mol. The van der Waals surface area contributed by atoms with Crippen LogP contribution in [-0.4, -0.2) is 17.8 Å². The second-order valence-corrected chi connectivity index (χ2v) is 4.45. The highest BCUT2D eigenvalue weighted by molar-refractivity contribution is 7.98. The molecule has 0 fully saturated rings. The minimum atomic E-state index is 0.161. The lowest BCUT2D eigenvalue weighted by Crippen LogP contribution is -2.03. The summed E-state index contributed by atoms with van der Waals surface area (Å²) in [4.78, 5) is 11.7. The average Bonchev–Trinajstić information content (AvgIpc) is 2.25. The van der Waals surface area contributed by atoms with E-state index in [1.165, 1.54) is 0 Å². The molecule has 0 aliphatic carbocycles. The van der Waals surface area contributed by atoms with E-state index in [-0.39, 0.29) is 5.78 Å². The van der Waals surface area contributed by atoms with Crippen LogP contribution in [0.15, 0.2) is 24.3 Å². The van der Waals surface area contributed by atoms with Crippen molar-refractivity contribution < 1.29 is 4.79 Å². The lowest BCUT2D eigenvalue weighted by Gasteiger charge is -2.03. The maximum atomic E-state index is 11.7. The van der Waals surface area contributed by atoms with Gasteiger partial charge in [0, 0.05) is 17.7 Å². The smallest absolute Gasteiger partial charge is 0.164 e. The van der Waals surface area contributed by atoms with Gasteiger partial charge in [-0.2, -0.15) is 11.8 Å². The number of thioether (sulfide) groups is 1. The van der Waals surface area contributed by atoms with Crippen LogP contribution in [0, 0.1) is 0 Å². The van der Waals surface area contributed by atoms with E-state index in [2.05, 4.69) is 6.26 Å². The van der Waals surface area contributed by atoms with Gasteiger partial charge in [0.25, 0.3) is 0 Å². The number of para-hydroxylation sites is 1. The summed E-state index contributed by atoms with van der Waals surface area (Å²) in [6, 6.07) is 7.27. The van der Waals surface area contributed by atoms with Gasteiger partial charge in [0.1, 0.15) is 0 Å². The van der Waals surface area contributed by atoms with Gasteiger partial charge in [0.05, 0.1) is 0 Å². The molecule has 82 valence electrons. The molecule has 3 heteroatoms. The van der Waals surface area contributed by atoms with Crippen molar-refractivity contribution in [2.75, 3.05) is 17.7 Å². The first-order chi connectivity index (χ1) is 7.25. The molecule has 1 rings (SSSR count). The van der Waals surface area contributed by atoms with Crippen molar-refractivity contribution in [1.29, 1.82) is 0 Å². The highest BCUT2D eigenvalue weighted by Gasteiger charge is 2.07. The predicted octanol–water partition coefficient (Wildman–Crippen LogP) is 2.98. The van der Waals surface area contributed by atoms with E-state index in [1.807, 2.05) is 23.9 Å². The van der Waals surface area contributed by atoms with Gasteiger partial charge >= 0.3 is 0 Å². The molecule has 0 bridgehead atoms. The van der Waals surface area contributed by atoms with E-state index in [4.69, 9.17) is 5.73 Å². The Morgan fingerprint density at radius 3 is 2.73 bits per heavy atom. The van der Waals surface area contributed by atoms with Crippen LogP contribution in [0.2, 0.25) is 0 Å². The zero-order valence-electron chi connectivity index (χ0n) is 9.03. The Morgan fingerprint density at radius 1 is 1.33 bits per heavy atom. The van der Waals surface area contributed by atoms with Crippen molar-refractivity contribution >= 4 is 23.2 Å². The lowest BCUT2D eigenvalue weighted by atomic mass is 10.0. The minimum absolute atomic E-state index is 0.161. The normalized spacial score (nSPS) is 10.2. The molecule has 0 aliphatic heterocycles. The lowest BCUT2D eigenvalue weighted by molar-refractivity contribution is 0.0981. The van der Waals surface area contributed by atoms with E-state index in [0.717, 1.165) is 18.6 Å². The number of hydrogen-bond acceptors (Lipinski definition) is 3.